The van der Waals surface area contributed by atoms with Crippen LogP contribution in [0.2, 0.25) is 0 Å². The number of aromatic nitrogens is 2. The first kappa shape index (κ1) is 11.0. The van der Waals surface area contributed by atoms with Crippen LogP contribution in [0.15, 0.2) is 9.26 Å². The van der Waals surface area contributed by atoms with Gasteiger partial charge in [0.05, 0.1) is 15.5 Å². The van der Waals surface area contributed by atoms with Crippen LogP contribution in [0.5, 0.6) is 0 Å². The van der Waals surface area contributed by atoms with Crippen LogP contribution in [0.1, 0.15) is 17.4 Å². The number of esters is 1. The highest BCUT2D eigenvalue weighted by atomic mass is 35.7. The molecule has 1 atom stereocenters. The average molecular weight is 266 g/mol. The number of fused-ring (bicyclic) bond motifs is 1. The van der Waals surface area contributed by atoms with E-state index in [-0.39, 0.29) is 5.97 Å². The molecule has 0 fully saturated rings. The Morgan fingerprint density at radius 3 is 3.13 bits per heavy atom. The minimum absolute atomic E-state index is 0.340. The molecule has 0 bridgehead atoms. The Hall–Kier alpha value is -0.530. The Labute approximate surface area is 97.1 Å². The van der Waals surface area contributed by atoms with Crippen molar-refractivity contribution in [1.82, 2.24) is 9.78 Å². The van der Waals surface area contributed by atoms with Crippen molar-refractivity contribution < 1.29 is 9.53 Å². The molecule has 0 amide bonds. The van der Waals surface area contributed by atoms with Gasteiger partial charge in [-0.2, -0.15) is 9.46 Å². The number of nitrogens with zero attached hydrogens (tertiary/aromatic N) is 3. The Balaban J connectivity index is 2.40. The van der Waals surface area contributed by atoms with Crippen LogP contribution in [0.3, 0.4) is 0 Å². The SMILES string of the molecule is CCOC(=O)c1c2c(nn1C)N=S(Cl)S2. The zero-order chi connectivity index (χ0) is 11.0. The number of halogens is 1. The summed E-state index contributed by atoms with van der Waals surface area (Å²) < 4.78 is 10.5. The van der Waals surface area contributed by atoms with Crippen molar-refractivity contribution in [3.8, 4) is 0 Å². The molecule has 0 N–H and O–H groups in total. The van der Waals surface area contributed by atoms with Crippen LogP contribution >= 0.6 is 21.5 Å². The van der Waals surface area contributed by atoms with E-state index in [0.29, 0.717) is 23.0 Å². The molecule has 0 spiro atoms. The molecule has 82 valence electrons. The Morgan fingerprint density at radius 2 is 2.47 bits per heavy atom. The number of rotatable bonds is 2. The van der Waals surface area contributed by atoms with E-state index < -0.39 is 8.94 Å². The van der Waals surface area contributed by atoms with Crippen LogP contribution in [-0.4, -0.2) is 22.4 Å². The molecule has 0 saturated heterocycles. The van der Waals surface area contributed by atoms with Gasteiger partial charge in [-0.05, 0) is 28.4 Å². The van der Waals surface area contributed by atoms with Crippen LogP contribution < -0.4 is 0 Å². The van der Waals surface area contributed by atoms with Gasteiger partial charge < -0.3 is 4.74 Å². The average Bonchev–Trinajstić information content (AvgIpc) is 2.59. The summed E-state index contributed by atoms with van der Waals surface area (Å²) >= 11 is 0. The van der Waals surface area contributed by atoms with Gasteiger partial charge in [0.25, 0.3) is 0 Å². The van der Waals surface area contributed by atoms with Crippen LogP contribution in [0.4, 0.5) is 5.82 Å². The number of ether oxygens (including phenoxy) is 1. The number of aryl methyl sites for hydroxylation is 1. The Kier molecular flexibility index (Phi) is 3.03. The van der Waals surface area contributed by atoms with Crippen molar-refractivity contribution in [2.45, 2.75) is 11.8 Å². The third-order valence-corrected chi connectivity index (χ3v) is 4.67. The van der Waals surface area contributed by atoms with Gasteiger partial charge in [0.15, 0.2) is 11.5 Å². The predicted molar refractivity (Wildman–Crippen MR) is 60.3 cm³/mol. The molecule has 1 aliphatic heterocycles. The molecule has 0 saturated carbocycles. The molecule has 2 rings (SSSR count). The fourth-order valence-corrected chi connectivity index (χ4v) is 4.12. The Bertz CT molecular complexity index is 457. The van der Waals surface area contributed by atoms with Crippen LogP contribution in [-0.2, 0) is 20.7 Å². The third-order valence-electron chi connectivity index (χ3n) is 1.77. The number of carbonyl (C=O) groups is 1. The molecule has 1 aromatic rings. The molecule has 15 heavy (non-hydrogen) atoms. The second-order valence-corrected chi connectivity index (χ2v) is 6.77. The molecule has 0 aliphatic carbocycles. The molecule has 0 aromatic carbocycles. The topological polar surface area (TPSA) is 56.5 Å². The summed E-state index contributed by atoms with van der Waals surface area (Å²) in [6.45, 7) is 2.10. The Morgan fingerprint density at radius 1 is 1.73 bits per heavy atom. The van der Waals surface area contributed by atoms with Gasteiger partial charge >= 0.3 is 5.97 Å². The summed E-state index contributed by atoms with van der Waals surface area (Å²) in [5, 5.41) is 4.10. The minimum Gasteiger partial charge on any atom is -0.461 e. The van der Waals surface area contributed by atoms with E-state index in [1.807, 2.05) is 0 Å². The zero-order valence-corrected chi connectivity index (χ0v) is 10.4. The largest absolute Gasteiger partial charge is 0.461 e. The maximum atomic E-state index is 11.6. The molecule has 1 aliphatic rings. The fraction of sp³-hybridized carbons (Fsp3) is 0.429. The fourth-order valence-electron chi connectivity index (χ4n) is 1.21. The predicted octanol–water partition coefficient (Wildman–Crippen LogP) is 2.20. The summed E-state index contributed by atoms with van der Waals surface area (Å²) in [6.07, 6.45) is 0. The summed E-state index contributed by atoms with van der Waals surface area (Å²) in [5.74, 6) is 0.149. The first-order chi connectivity index (χ1) is 7.13. The van der Waals surface area contributed by atoms with E-state index in [1.54, 1.807) is 14.0 Å². The van der Waals surface area contributed by atoms with E-state index >= 15 is 0 Å². The quantitative estimate of drug-likeness (QED) is 0.608. The van der Waals surface area contributed by atoms with Gasteiger partial charge in [0.1, 0.15) is 4.90 Å². The maximum Gasteiger partial charge on any atom is 0.357 e. The van der Waals surface area contributed by atoms with E-state index in [0.717, 1.165) is 0 Å². The lowest BCUT2D eigenvalue weighted by atomic mass is 10.4. The van der Waals surface area contributed by atoms with E-state index in [1.165, 1.54) is 15.5 Å². The van der Waals surface area contributed by atoms with E-state index in [4.69, 9.17) is 15.4 Å². The zero-order valence-electron chi connectivity index (χ0n) is 8.06. The molecule has 0 radical (unpaired) electrons. The first-order valence-corrected chi connectivity index (χ1v) is 7.52. The molecular weight excluding hydrogens is 258 g/mol. The van der Waals surface area contributed by atoms with E-state index in [2.05, 4.69) is 9.46 Å². The second kappa shape index (κ2) is 4.15. The van der Waals surface area contributed by atoms with Gasteiger partial charge in [-0.15, -0.1) is 0 Å². The highest BCUT2D eigenvalue weighted by Crippen LogP contribution is 2.43. The van der Waals surface area contributed by atoms with Gasteiger partial charge in [-0.3, -0.25) is 4.68 Å². The van der Waals surface area contributed by atoms with Crippen molar-refractivity contribution in [2.24, 2.45) is 11.4 Å². The van der Waals surface area contributed by atoms with Crippen molar-refractivity contribution >= 4 is 42.2 Å². The van der Waals surface area contributed by atoms with Crippen molar-refractivity contribution in [2.75, 3.05) is 6.61 Å². The highest BCUT2D eigenvalue weighted by molar-refractivity contribution is 8.78. The van der Waals surface area contributed by atoms with Gasteiger partial charge in [-0.1, -0.05) is 0 Å². The number of carbonyl (C=O) groups excluding carboxylic acids is 1. The van der Waals surface area contributed by atoms with Gasteiger partial charge in [-0.25, -0.2) is 4.79 Å². The summed E-state index contributed by atoms with van der Waals surface area (Å²) in [7, 11) is 8.22. The normalized spacial score (nSPS) is 18.5. The smallest absolute Gasteiger partial charge is 0.357 e. The van der Waals surface area contributed by atoms with Crippen molar-refractivity contribution in [3.63, 3.8) is 0 Å². The van der Waals surface area contributed by atoms with E-state index in [9.17, 15) is 4.79 Å². The lowest BCUT2D eigenvalue weighted by Crippen LogP contribution is -2.11. The second-order valence-electron chi connectivity index (χ2n) is 2.73. The maximum absolute atomic E-state index is 11.6. The van der Waals surface area contributed by atoms with Gasteiger partial charge in [0.2, 0.25) is 0 Å². The summed E-state index contributed by atoms with van der Waals surface area (Å²) in [5.41, 5.74) is 0.427. The third kappa shape index (κ3) is 1.91. The molecular formula is C7H8ClN3O2S2. The summed E-state index contributed by atoms with van der Waals surface area (Å²) in [4.78, 5) is 12.3. The highest BCUT2D eigenvalue weighted by Gasteiger charge is 2.28. The molecule has 2 heterocycles. The molecule has 5 nitrogen and oxygen atoms in total. The van der Waals surface area contributed by atoms with Crippen molar-refractivity contribution in [3.05, 3.63) is 5.69 Å². The van der Waals surface area contributed by atoms with Gasteiger partial charge in [0, 0.05) is 7.05 Å². The van der Waals surface area contributed by atoms with Crippen molar-refractivity contribution in [1.29, 1.82) is 0 Å². The molecule has 8 heteroatoms. The number of hydrogen-bond acceptors (Lipinski definition) is 5. The van der Waals surface area contributed by atoms with Crippen LogP contribution in [0.25, 0.3) is 0 Å². The molecule has 1 aromatic heterocycles. The number of hydrogen-bond donors (Lipinski definition) is 0. The first-order valence-electron chi connectivity index (χ1n) is 4.18. The molecule has 1 unspecified atom stereocenters. The lowest BCUT2D eigenvalue weighted by molar-refractivity contribution is 0.0509. The van der Waals surface area contributed by atoms with Crippen LogP contribution in [0, 0.1) is 0 Å². The summed E-state index contributed by atoms with van der Waals surface area (Å²) in [6, 6.07) is 0. The standard InChI is InChI=1S/C7H8ClN3O2S2/c1-3-13-7(12)4-5-6(9-11(4)2)10-15(8)14-5/h3H2,1-2H3. The lowest BCUT2D eigenvalue weighted by Gasteiger charge is -2.02. The monoisotopic (exact) mass is 265 g/mol. The minimum atomic E-state index is -0.647.